The average Bonchev–Trinajstić information content (AvgIpc) is 3.14. The molecule has 4 aromatic rings. The summed E-state index contributed by atoms with van der Waals surface area (Å²) < 4.78 is 2.32. The molecule has 0 atom stereocenters. The topological polar surface area (TPSA) is 80.9 Å². The molecule has 6 nitrogen and oxygen atoms in total. The SMILES string of the molecule is CC(C)c1nnc(C(C)C)c2c1nc(CC(C)(C)C)n2Cc1ccc(-c2ccccc2C(=O)O)cc1. The lowest BCUT2D eigenvalue weighted by molar-refractivity contribution is 0.0697. The first kappa shape index (κ1) is 25.5. The molecule has 1 N–H and O–H groups in total. The summed E-state index contributed by atoms with van der Waals surface area (Å²) in [5.74, 6) is 0.556. The lowest BCUT2D eigenvalue weighted by Crippen LogP contribution is -2.15. The van der Waals surface area contributed by atoms with E-state index in [0.717, 1.165) is 51.4 Å². The Labute approximate surface area is 213 Å². The monoisotopic (exact) mass is 484 g/mol. The molecule has 0 saturated heterocycles. The Morgan fingerprint density at radius 1 is 0.917 bits per heavy atom. The summed E-state index contributed by atoms with van der Waals surface area (Å²) in [5.41, 5.74) is 7.03. The highest BCUT2D eigenvalue weighted by Crippen LogP contribution is 2.32. The van der Waals surface area contributed by atoms with E-state index in [4.69, 9.17) is 4.98 Å². The van der Waals surface area contributed by atoms with Gasteiger partial charge in [0.2, 0.25) is 0 Å². The van der Waals surface area contributed by atoms with E-state index in [9.17, 15) is 9.90 Å². The predicted octanol–water partition coefficient (Wildman–Crippen LogP) is 7.08. The molecule has 2 aromatic heterocycles. The van der Waals surface area contributed by atoms with Crippen LogP contribution >= 0.6 is 0 Å². The summed E-state index contributed by atoms with van der Waals surface area (Å²) in [5, 5.41) is 18.8. The number of carboxylic acids is 1. The number of hydrogen-bond acceptors (Lipinski definition) is 4. The van der Waals surface area contributed by atoms with Gasteiger partial charge in [0.1, 0.15) is 11.3 Å². The molecule has 188 valence electrons. The molecule has 0 unspecified atom stereocenters. The maximum Gasteiger partial charge on any atom is 0.336 e. The second-order valence-corrected chi connectivity index (χ2v) is 11.4. The molecule has 0 saturated carbocycles. The van der Waals surface area contributed by atoms with Crippen molar-refractivity contribution in [2.45, 2.75) is 73.3 Å². The van der Waals surface area contributed by atoms with Crippen molar-refractivity contribution in [1.82, 2.24) is 19.7 Å². The van der Waals surface area contributed by atoms with Crippen LogP contribution in [0.25, 0.3) is 22.2 Å². The number of aromatic nitrogens is 4. The Hall–Kier alpha value is -3.54. The molecular weight excluding hydrogens is 448 g/mol. The van der Waals surface area contributed by atoms with Crippen LogP contribution < -0.4 is 0 Å². The van der Waals surface area contributed by atoms with E-state index in [1.165, 1.54) is 0 Å². The fraction of sp³-hybridized carbons (Fsp3) is 0.400. The van der Waals surface area contributed by atoms with Gasteiger partial charge in [-0.3, -0.25) is 0 Å². The maximum atomic E-state index is 11.7. The molecule has 0 aliphatic heterocycles. The minimum atomic E-state index is -0.922. The Morgan fingerprint density at radius 3 is 2.11 bits per heavy atom. The highest BCUT2D eigenvalue weighted by Gasteiger charge is 2.25. The first-order chi connectivity index (χ1) is 17.0. The number of carbonyl (C=O) groups is 1. The normalized spacial score (nSPS) is 12.1. The van der Waals surface area contributed by atoms with Gasteiger partial charge < -0.3 is 9.67 Å². The van der Waals surface area contributed by atoms with Gasteiger partial charge in [0.25, 0.3) is 0 Å². The lowest BCUT2D eigenvalue weighted by atomic mass is 9.92. The molecule has 0 bridgehead atoms. The number of benzene rings is 2. The van der Waals surface area contributed by atoms with Crippen LogP contribution in [0.3, 0.4) is 0 Å². The van der Waals surface area contributed by atoms with Crippen molar-refractivity contribution in [3.63, 3.8) is 0 Å². The smallest absolute Gasteiger partial charge is 0.336 e. The second kappa shape index (κ2) is 9.84. The summed E-state index contributed by atoms with van der Waals surface area (Å²) in [6.07, 6.45) is 0.834. The van der Waals surface area contributed by atoms with E-state index >= 15 is 0 Å². The van der Waals surface area contributed by atoms with Crippen LogP contribution in [0.5, 0.6) is 0 Å². The number of rotatable bonds is 7. The van der Waals surface area contributed by atoms with Crippen LogP contribution in [-0.4, -0.2) is 30.8 Å². The van der Waals surface area contributed by atoms with Crippen LogP contribution in [0.2, 0.25) is 0 Å². The van der Waals surface area contributed by atoms with Crippen molar-refractivity contribution in [3.05, 3.63) is 76.9 Å². The Bertz CT molecular complexity index is 1390. The van der Waals surface area contributed by atoms with Gasteiger partial charge in [-0.05, 0) is 40.0 Å². The standard InChI is InChI=1S/C30H36N4O2/c1-18(2)25-27-28(26(19(3)4)33-32-25)34(24(31-27)16-30(5,6)7)17-20-12-14-21(15-13-20)22-10-8-9-11-23(22)29(35)36/h8-15,18-19H,16-17H2,1-7H3,(H,35,36). The predicted molar refractivity (Wildman–Crippen MR) is 145 cm³/mol. The zero-order valence-electron chi connectivity index (χ0n) is 22.3. The molecular formula is C30H36N4O2. The van der Waals surface area contributed by atoms with Gasteiger partial charge in [-0.15, -0.1) is 0 Å². The Morgan fingerprint density at radius 2 is 1.53 bits per heavy atom. The molecule has 6 heteroatoms. The zero-order chi connectivity index (χ0) is 26.2. The molecule has 0 radical (unpaired) electrons. The third kappa shape index (κ3) is 5.18. The zero-order valence-corrected chi connectivity index (χ0v) is 22.3. The lowest BCUT2D eigenvalue weighted by Gasteiger charge is -2.19. The van der Waals surface area contributed by atoms with Crippen molar-refractivity contribution in [2.75, 3.05) is 0 Å². The summed E-state index contributed by atoms with van der Waals surface area (Å²) in [4.78, 5) is 16.8. The molecule has 2 aromatic carbocycles. The van der Waals surface area contributed by atoms with Gasteiger partial charge in [0.05, 0.1) is 22.5 Å². The van der Waals surface area contributed by atoms with E-state index in [-0.39, 0.29) is 17.3 Å². The fourth-order valence-corrected chi connectivity index (χ4v) is 4.59. The van der Waals surface area contributed by atoms with Crippen LogP contribution in [-0.2, 0) is 13.0 Å². The number of fused-ring (bicyclic) bond motifs is 1. The van der Waals surface area contributed by atoms with E-state index in [2.05, 4.69) is 75.4 Å². The van der Waals surface area contributed by atoms with Crippen molar-refractivity contribution in [3.8, 4) is 11.1 Å². The molecule has 36 heavy (non-hydrogen) atoms. The van der Waals surface area contributed by atoms with Gasteiger partial charge in [-0.1, -0.05) is 90.9 Å². The van der Waals surface area contributed by atoms with E-state index in [0.29, 0.717) is 12.1 Å². The van der Waals surface area contributed by atoms with Crippen LogP contribution in [0.4, 0.5) is 0 Å². The van der Waals surface area contributed by atoms with E-state index in [1.807, 2.05) is 24.3 Å². The van der Waals surface area contributed by atoms with Crippen LogP contribution in [0.15, 0.2) is 48.5 Å². The number of imidazole rings is 1. The summed E-state index contributed by atoms with van der Waals surface area (Å²) in [6.45, 7) is 15.9. The molecule has 4 rings (SSSR count). The average molecular weight is 485 g/mol. The Balaban J connectivity index is 1.83. The minimum absolute atomic E-state index is 0.0698. The molecule has 2 heterocycles. The van der Waals surface area contributed by atoms with Crippen molar-refractivity contribution in [1.29, 1.82) is 0 Å². The highest BCUT2D eigenvalue weighted by atomic mass is 16.4. The summed E-state index contributed by atoms with van der Waals surface area (Å²) in [6, 6.07) is 15.3. The van der Waals surface area contributed by atoms with E-state index in [1.54, 1.807) is 12.1 Å². The van der Waals surface area contributed by atoms with Crippen molar-refractivity contribution >= 4 is 17.0 Å². The quantitative estimate of drug-likeness (QED) is 0.303. The number of aromatic carboxylic acids is 1. The number of carboxylic acid groups (broad SMARTS) is 1. The fourth-order valence-electron chi connectivity index (χ4n) is 4.59. The number of nitrogens with zero attached hydrogens (tertiary/aromatic N) is 4. The van der Waals surface area contributed by atoms with Gasteiger partial charge in [-0.2, -0.15) is 10.2 Å². The maximum absolute atomic E-state index is 11.7. The molecule has 0 amide bonds. The Kier molecular flexibility index (Phi) is 6.98. The third-order valence-electron chi connectivity index (χ3n) is 6.34. The molecule has 0 aliphatic carbocycles. The highest BCUT2D eigenvalue weighted by molar-refractivity contribution is 5.96. The van der Waals surface area contributed by atoms with Crippen LogP contribution in [0, 0.1) is 5.41 Å². The third-order valence-corrected chi connectivity index (χ3v) is 6.34. The van der Waals surface area contributed by atoms with Gasteiger partial charge in [0.15, 0.2) is 0 Å². The summed E-state index contributed by atoms with van der Waals surface area (Å²) >= 11 is 0. The summed E-state index contributed by atoms with van der Waals surface area (Å²) in [7, 11) is 0. The van der Waals surface area contributed by atoms with Gasteiger partial charge in [-0.25, -0.2) is 9.78 Å². The van der Waals surface area contributed by atoms with Crippen LogP contribution in [0.1, 0.15) is 93.4 Å². The minimum Gasteiger partial charge on any atom is -0.478 e. The molecule has 0 aliphatic rings. The molecule has 0 fully saturated rings. The van der Waals surface area contributed by atoms with Crippen molar-refractivity contribution in [2.24, 2.45) is 5.41 Å². The van der Waals surface area contributed by atoms with Crippen molar-refractivity contribution < 1.29 is 9.90 Å². The number of hydrogen-bond donors (Lipinski definition) is 1. The van der Waals surface area contributed by atoms with Gasteiger partial charge in [0, 0.05) is 13.0 Å². The van der Waals surface area contributed by atoms with Gasteiger partial charge >= 0.3 is 5.97 Å². The largest absolute Gasteiger partial charge is 0.478 e. The van der Waals surface area contributed by atoms with E-state index < -0.39 is 5.97 Å². The second-order valence-electron chi connectivity index (χ2n) is 11.4. The molecule has 0 spiro atoms. The first-order valence-corrected chi connectivity index (χ1v) is 12.6. The first-order valence-electron chi connectivity index (χ1n) is 12.6.